The van der Waals surface area contributed by atoms with Gasteiger partial charge in [0, 0.05) is 19.1 Å². The Hall–Kier alpha value is -0.620. The molecule has 2 N–H and O–H groups in total. The highest BCUT2D eigenvalue weighted by Crippen LogP contribution is 2.26. The first-order valence-corrected chi connectivity index (χ1v) is 8.72. The number of hydrogen-bond acceptors (Lipinski definition) is 3. The molecule has 21 heavy (non-hydrogen) atoms. The number of halogens is 1. The number of hydrogen-bond donors (Lipinski definition) is 1. The molecule has 1 aliphatic heterocycles. The predicted octanol–water partition coefficient (Wildman–Crippen LogP) is 2.73. The van der Waals surface area contributed by atoms with Crippen molar-refractivity contribution in [3.63, 3.8) is 0 Å². The molecule has 2 rings (SSSR count). The van der Waals surface area contributed by atoms with E-state index in [0.29, 0.717) is 23.9 Å². The van der Waals surface area contributed by atoms with Gasteiger partial charge in [0.1, 0.15) is 0 Å². The quantitative estimate of drug-likeness (QED) is 0.922. The van der Waals surface area contributed by atoms with Crippen molar-refractivity contribution in [3.05, 3.63) is 29.8 Å². The van der Waals surface area contributed by atoms with Gasteiger partial charge < -0.3 is 5.73 Å². The van der Waals surface area contributed by atoms with Crippen molar-refractivity contribution in [3.8, 4) is 0 Å². The Morgan fingerprint density at radius 2 is 1.86 bits per heavy atom. The summed E-state index contributed by atoms with van der Waals surface area (Å²) in [5.74, 6) is 0.401. The molecule has 0 aliphatic carbocycles. The maximum atomic E-state index is 12.7. The molecule has 1 aliphatic rings. The summed E-state index contributed by atoms with van der Waals surface area (Å²) < 4.78 is 27.0. The van der Waals surface area contributed by atoms with Crippen molar-refractivity contribution in [2.24, 2.45) is 5.73 Å². The van der Waals surface area contributed by atoms with E-state index >= 15 is 0 Å². The Kier molecular flexibility index (Phi) is 6.66. The summed E-state index contributed by atoms with van der Waals surface area (Å²) in [6.45, 7) is 5.16. The maximum Gasteiger partial charge on any atom is 0.243 e. The third-order valence-corrected chi connectivity index (χ3v) is 5.96. The molecule has 1 atom stereocenters. The van der Waals surface area contributed by atoms with Gasteiger partial charge in [0.05, 0.1) is 4.90 Å². The molecule has 1 fully saturated rings. The van der Waals surface area contributed by atoms with E-state index in [0.717, 1.165) is 24.8 Å². The first-order chi connectivity index (χ1) is 9.46. The molecule has 4 nitrogen and oxygen atoms in total. The largest absolute Gasteiger partial charge is 0.329 e. The standard InChI is InChI=1S/C15H24N2O2S.ClH/c1-12(2)13-6-8-15(9-7-13)20(18,19)17-10-4-3-5-14(17)11-16;/h6-9,12,14H,3-5,10-11,16H2,1-2H3;1H. The highest BCUT2D eigenvalue weighted by Gasteiger charge is 2.32. The van der Waals surface area contributed by atoms with Crippen LogP contribution in [-0.4, -0.2) is 31.9 Å². The molecular weight excluding hydrogens is 308 g/mol. The summed E-state index contributed by atoms with van der Waals surface area (Å²) in [7, 11) is -3.41. The average molecular weight is 333 g/mol. The second-order valence-electron chi connectivity index (χ2n) is 5.72. The van der Waals surface area contributed by atoms with Crippen molar-refractivity contribution < 1.29 is 8.42 Å². The summed E-state index contributed by atoms with van der Waals surface area (Å²) in [5, 5.41) is 0. The molecule has 120 valence electrons. The summed E-state index contributed by atoms with van der Waals surface area (Å²) in [6.07, 6.45) is 2.83. The minimum Gasteiger partial charge on any atom is -0.329 e. The van der Waals surface area contributed by atoms with Crippen molar-refractivity contribution in [1.82, 2.24) is 4.31 Å². The Morgan fingerprint density at radius 3 is 2.38 bits per heavy atom. The van der Waals surface area contributed by atoms with Crippen molar-refractivity contribution >= 4 is 22.4 Å². The lowest BCUT2D eigenvalue weighted by Crippen LogP contribution is -2.47. The van der Waals surface area contributed by atoms with Crippen LogP contribution in [0.2, 0.25) is 0 Å². The molecule has 1 saturated heterocycles. The van der Waals surface area contributed by atoms with Crippen LogP contribution in [0, 0.1) is 0 Å². The first-order valence-electron chi connectivity index (χ1n) is 7.28. The van der Waals surface area contributed by atoms with E-state index in [4.69, 9.17) is 5.73 Å². The summed E-state index contributed by atoms with van der Waals surface area (Å²) in [5.41, 5.74) is 6.88. The van der Waals surface area contributed by atoms with Crippen LogP contribution in [0.5, 0.6) is 0 Å². The minimum absolute atomic E-state index is 0. The van der Waals surface area contributed by atoms with Gasteiger partial charge in [-0.25, -0.2) is 8.42 Å². The third kappa shape index (κ3) is 3.97. The summed E-state index contributed by atoms with van der Waals surface area (Å²) >= 11 is 0. The molecule has 1 unspecified atom stereocenters. The zero-order valence-corrected chi connectivity index (χ0v) is 14.3. The van der Waals surface area contributed by atoms with E-state index in [9.17, 15) is 8.42 Å². The molecule has 6 heteroatoms. The van der Waals surface area contributed by atoms with E-state index in [2.05, 4.69) is 13.8 Å². The molecule has 1 heterocycles. The molecule has 0 saturated carbocycles. The number of rotatable bonds is 4. The predicted molar refractivity (Wildman–Crippen MR) is 88.4 cm³/mol. The van der Waals surface area contributed by atoms with Crippen LogP contribution in [0.3, 0.4) is 0 Å². The molecule has 1 aromatic carbocycles. The smallest absolute Gasteiger partial charge is 0.243 e. The topological polar surface area (TPSA) is 63.4 Å². The zero-order valence-electron chi connectivity index (χ0n) is 12.7. The Balaban J connectivity index is 0.00000220. The molecule has 0 bridgehead atoms. The lowest BCUT2D eigenvalue weighted by molar-refractivity contribution is 0.257. The van der Waals surface area contributed by atoms with Gasteiger partial charge in [-0.05, 0) is 36.5 Å². The fourth-order valence-corrected chi connectivity index (χ4v) is 4.39. The van der Waals surface area contributed by atoms with Crippen LogP contribution in [-0.2, 0) is 10.0 Å². The van der Waals surface area contributed by atoms with Crippen molar-refractivity contribution in [2.75, 3.05) is 13.1 Å². The molecule has 0 aromatic heterocycles. The van der Waals surface area contributed by atoms with Gasteiger partial charge in [-0.1, -0.05) is 32.4 Å². The SMILES string of the molecule is CC(C)c1ccc(S(=O)(=O)N2CCCCC2CN)cc1.Cl. The minimum atomic E-state index is -3.41. The van der Waals surface area contributed by atoms with E-state index in [-0.39, 0.29) is 18.4 Å². The van der Waals surface area contributed by atoms with Gasteiger partial charge in [0.2, 0.25) is 10.0 Å². The zero-order chi connectivity index (χ0) is 14.8. The molecular formula is C15H25ClN2O2S. The van der Waals surface area contributed by atoms with E-state index in [1.54, 1.807) is 16.4 Å². The highest BCUT2D eigenvalue weighted by atomic mass is 35.5. The van der Waals surface area contributed by atoms with Crippen molar-refractivity contribution in [1.29, 1.82) is 0 Å². The number of nitrogens with two attached hydrogens (primary N) is 1. The third-order valence-electron chi connectivity index (χ3n) is 4.00. The monoisotopic (exact) mass is 332 g/mol. The molecule has 1 aromatic rings. The van der Waals surface area contributed by atoms with Gasteiger partial charge in [-0.3, -0.25) is 0 Å². The highest BCUT2D eigenvalue weighted by molar-refractivity contribution is 7.89. The molecule has 0 amide bonds. The summed E-state index contributed by atoms with van der Waals surface area (Å²) in [6, 6.07) is 7.18. The second-order valence-corrected chi connectivity index (χ2v) is 7.62. The lowest BCUT2D eigenvalue weighted by atomic mass is 10.0. The van der Waals surface area contributed by atoms with Gasteiger partial charge in [-0.2, -0.15) is 4.31 Å². The number of benzene rings is 1. The van der Waals surface area contributed by atoms with Gasteiger partial charge in [0.25, 0.3) is 0 Å². The average Bonchev–Trinajstić information content (AvgIpc) is 2.47. The maximum absolute atomic E-state index is 12.7. The number of sulfonamides is 1. The van der Waals surface area contributed by atoms with Crippen LogP contribution >= 0.6 is 12.4 Å². The van der Waals surface area contributed by atoms with E-state index in [1.165, 1.54) is 0 Å². The van der Waals surface area contributed by atoms with Crippen LogP contribution in [0.4, 0.5) is 0 Å². The van der Waals surface area contributed by atoms with Gasteiger partial charge in [0.15, 0.2) is 0 Å². The van der Waals surface area contributed by atoms with Crippen LogP contribution in [0.15, 0.2) is 29.2 Å². The Bertz CT molecular complexity index is 543. The molecule has 0 radical (unpaired) electrons. The fraction of sp³-hybridized carbons (Fsp3) is 0.600. The second kappa shape index (κ2) is 7.58. The first kappa shape index (κ1) is 18.4. The van der Waals surface area contributed by atoms with E-state index < -0.39 is 10.0 Å². The van der Waals surface area contributed by atoms with Crippen LogP contribution in [0.1, 0.15) is 44.6 Å². The Labute approximate surface area is 134 Å². The van der Waals surface area contributed by atoms with Crippen LogP contribution < -0.4 is 5.73 Å². The summed E-state index contributed by atoms with van der Waals surface area (Å²) in [4.78, 5) is 0.377. The Morgan fingerprint density at radius 1 is 1.24 bits per heavy atom. The van der Waals surface area contributed by atoms with Crippen molar-refractivity contribution in [2.45, 2.75) is 50.0 Å². The number of nitrogens with zero attached hydrogens (tertiary/aromatic N) is 1. The lowest BCUT2D eigenvalue weighted by Gasteiger charge is -2.33. The van der Waals surface area contributed by atoms with Gasteiger partial charge in [-0.15, -0.1) is 12.4 Å². The van der Waals surface area contributed by atoms with Crippen LogP contribution in [0.25, 0.3) is 0 Å². The normalized spacial score (nSPS) is 20.3. The number of piperidine rings is 1. The van der Waals surface area contributed by atoms with E-state index in [1.807, 2.05) is 12.1 Å². The van der Waals surface area contributed by atoms with Gasteiger partial charge >= 0.3 is 0 Å². The fourth-order valence-electron chi connectivity index (χ4n) is 2.69. The molecule has 0 spiro atoms.